The van der Waals surface area contributed by atoms with Gasteiger partial charge in [0.25, 0.3) is 5.91 Å². The molecule has 4 heteroatoms. The summed E-state index contributed by atoms with van der Waals surface area (Å²) in [5.41, 5.74) is 2.34. The number of carbonyl (C=O) groups is 1. The summed E-state index contributed by atoms with van der Waals surface area (Å²) in [5, 5.41) is 0. The molecule has 0 aliphatic heterocycles. The molecule has 116 valence electrons. The number of carbonyl (C=O) groups excluding carboxylic acids is 1. The lowest BCUT2D eigenvalue weighted by atomic mass is 10.1. The number of ether oxygens (including phenoxy) is 2. The number of methoxy groups -OCH3 is 1. The van der Waals surface area contributed by atoms with Crippen LogP contribution >= 0.6 is 0 Å². The zero-order valence-electron chi connectivity index (χ0n) is 13.2. The minimum atomic E-state index is -0.0547. The van der Waals surface area contributed by atoms with Crippen molar-refractivity contribution in [3.05, 3.63) is 59.7 Å². The highest BCUT2D eigenvalue weighted by Crippen LogP contribution is 2.24. The number of hydrogen-bond donors (Lipinski definition) is 0. The molecule has 2 aromatic rings. The van der Waals surface area contributed by atoms with Gasteiger partial charge in [-0.2, -0.15) is 0 Å². The Labute approximate surface area is 131 Å². The van der Waals surface area contributed by atoms with Crippen LogP contribution in [0.2, 0.25) is 0 Å². The Bertz CT molecular complexity index is 625. The minimum Gasteiger partial charge on any atom is -0.491 e. The maximum atomic E-state index is 12.7. The molecule has 0 aliphatic carbocycles. The quantitative estimate of drug-likeness (QED) is 0.768. The number of amides is 1. The van der Waals surface area contributed by atoms with E-state index in [1.165, 1.54) is 0 Å². The van der Waals surface area contributed by atoms with Crippen LogP contribution in [0.25, 0.3) is 0 Å². The van der Waals surface area contributed by atoms with Gasteiger partial charge in [-0.1, -0.05) is 24.3 Å². The number of nitrogens with zero attached hydrogens (tertiary/aromatic N) is 1. The van der Waals surface area contributed by atoms with E-state index in [0.29, 0.717) is 24.5 Å². The first-order valence-corrected chi connectivity index (χ1v) is 7.19. The molecule has 0 heterocycles. The molecule has 0 saturated carbocycles. The van der Waals surface area contributed by atoms with Crippen LogP contribution in [-0.4, -0.2) is 33.3 Å². The van der Waals surface area contributed by atoms with E-state index in [9.17, 15) is 4.79 Å². The summed E-state index contributed by atoms with van der Waals surface area (Å²) in [7, 11) is 3.40. The second-order valence-electron chi connectivity index (χ2n) is 4.97. The van der Waals surface area contributed by atoms with Crippen molar-refractivity contribution in [1.29, 1.82) is 0 Å². The molecule has 0 aliphatic rings. The van der Waals surface area contributed by atoms with E-state index < -0.39 is 0 Å². The highest BCUT2D eigenvalue weighted by molar-refractivity contribution is 6.07. The van der Waals surface area contributed by atoms with Crippen molar-refractivity contribution >= 4 is 11.6 Å². The van der Waals surface area contributed by atoms with Gasteiger partial charge < -0.3 is 14.4 Å². The molecular formula is C18H21NO3. The van der Waals surface area contributed by atoms with Gasteiger partial charge in [-0.3, -0.25) is 4.79 Å². The molecule has 0 unspecified atom stereocenters. The summed E-state index contributed by atoms with van der Waals surface area (Å²) in [4.78, 5) is 14.3. The Kier molecular flexibility index (Phi) is 5.55. The Hall–Kier alpha value is -2.33. The average Bonchev–Trinajstić information content (AvgIpc) is 2.56. The van der Waals surface area contributed by atoms with E-state index in [4.69, 9.17) is 9.47 Å². The van der Waals surface area contributed by atoms with Crippen molar-refractivity contribution in [2.45, 2.75) is 6.92 Å². The van der Waals surface area contributed by atoms with Crippen molar-refractivity contribution in [2.75, 3.05) is 32.3 Å². The Morgan fingerprint density at radius 2 is 1.77 bits per heavy atom. The van der Waals surface area contributed by atoms with Gasteiger partial charge in [-0.25, -0.2) is 0 Å². The molecule has 0 atom stereocenters. The molecule has 4 nitrogen and oxygen atoms in total. The first kappa shape index (κ1) is 16.0. The molecule has 0 fully saturated rings. The van der Waals surface area contributed by atoms with Gasteiger partial charge in [0.2, 0.25) is 0 Å². The summed E-state index contributed by atoms with van der Waals surface area (Å²) in [6, 6.07) is 15.1. The van der Waals surface area contributed by atoms with Crippen LogP contribution in [-0.2, 0) is 4.74 Å². The van der Waals surface area contributed by atoms with Crippen molar-refractivity contribution in [3.63, 3.8) is 0 Å². The maximum absolute atomic E-state index is 12.7. The fourth-order valence-electron chi connectivity index (χ4n) is 2.19. The van der Waals surface area contributed by atoms with Crippen LogP contribution in [0.5, 0.6) is 5.75 Å². The topological polar surface area (TPSA) is 38.8 Å². The third kappa shape index (κ3) is 3.65. The van der Waals surface area contributed by atoms with Gasteiger partial charge in [-0.05, 0) is 31.2 Å². The van der Waals surface area contributed by atoms with Crippen molar-refractivity contribution in [1.82, 2.24) is 0 Å². The van der Waals surface area contributed by atoms with Gasteiger partial charge >= 0.3 is 0 Å². The SMILES string of the molecule is COCCOc1cccc(C(=O)N(C)c2ccccc2)c1C. The Morgan fingerprint density at radius 1 is 1.05 bits per heavy atom. The molecule has 2 aromatic carbocycles. The average molecular weight is 299 g/mol. The first-order valence-electron chi connectivity index (χ1n) is 7.19. The lowest BCUT2D eigenvalue weighted by Gasteiger charge is -2.19. The Balaban J connectivity index is 2.21. The predicted molar refractivity (Wildman–Crippen MR) is 87.7 cm³/mol. The molecule has 0 aromatic heterocycles. The highest BCUT2D eigenvalue weighted by atomic mass is 16.5. The van der Waals surface area contributed by atoms with E-state index >= 15 is 0 Å². The summed E-state index contributed by atoms with van der Waals surface area (Å²) in [6.07, 6.45) is 0. The monoisotopic (exact) mass is 299 g/mol. The van der Waals surface area contributed by atoms with Crippen LogP contribution in [0, 0.1) is 6.92 Å². The van der Waals surface area contributed by atoms with E-state index in [2.05, 4.69) is 0 Å². The van der Waals surface area contributed by atoms with E-state index in [0.717, 1.165) is 11.3 Å². The van der Waals surface area contributed by atoms with Gasteiger partial charge in [0.05, 0.1) is 6.61 Å². The molecular weight excluding hydrogens is 278 g/mol. The fourth-order valence-corrected chi connectivity index (χ4v) is 2.19. The van der Waals surface area contributed by atoms with Crippen molar-refractivity contribution < 1.29 is 14.3 Å². The van der Waals surface area contributed by atoms with Crippen LogP contribution in [0.15, 0.2) is 48.5 Å². The second kappa shape index (κ2) is 7.61. The van der Waals surface area contributed by atoms with Crippen LogP contribution in [0.1, 0.15) is 15.9 Å². The molecule has 2 rings (SSSR count). The normalized spacial score (nSPS) is 10.3. The molecule has 0 radical (unpaired) electrons. The molecule has 0 saturated heterocycles. The second-order valence-corrected chi connectivity index (χ2v) is 4.97. The van der Waals surface area contributed by atoms with E-state index in [1.807, 2.05) is 55.5 Å². The smallest absolute Gasteiger partial charge is 0.258 e. The standard InChI is InChI=1S/C18H21NO3/c1-14-16(10-7-11-17(14)22-13-12-21-3)18(20)19(2)15-8-5-4-6-9-15/h4-11H,12-13H2,1-3H3. The van der Waals surface area contributed by atoms with Crippen LogP contribution in [0.4, 0.5) is 5.69 Å². The minimum absolute atomic E-state index is 0.0547. The zero-order valence-corrected chi connectivity index (χ0v) is 13.2. The zero-order chi connectivity index (χ0) is 15.9. The van der Waals surface area contributed by atoms with Crippen molar-refractivity contribution in [2.24, 2.45) is 0 Å². The lowest BCUT2D eigenvalue weighted by molar-refractivity contribution is 0.0991. The summed E-state index contributed by atoms with van der Waals surface area (Å²) >= 11 is 0. The molecule has 1 amide bonds. The molecule has 0 bridgehead atoms. The molecule has 0 N–H and O–H groups in total. The van der Waals surface area contributed by atoms with Gasteiger partial charge in [0, 0.05) is 31.0 Å². The summed E-state index contributed by atoms with van der Waals surface area (Å²) < 4.78 is 10.6. The lowest BCUT2D eigenvalue weighted by Crippen LogP contribution is -2.27. The third-order valence-corrected chi connectivity index (χ3v) is 3.51. The summed E-state index contributed by atoms with van der Waals surface area (Å²) in [6.45, 7) is 2.87. The Morgan fingerprint density at radius 3 is 2.45 bits per heavy atom. The number of benzene rings is 2. The fraction of sp³-hybridized carbons (Fsp3) is 0.278. The van der Waals surface area contributed by atoms with E-state index in [1.54, 1.807) is 19.1 Å². The number of hydrogen-bond acceptors (Lipinski definition) is 3. The molecule has 0 spiro atoms. The van der Waals surface area contributed by atoms with Crippen LogP contribution in [0.3, 0.4) is 0 Å². The maximum Gasteiger partial charge on any atom is 0.258 e. The first-order chi connectivity index (χ1) is 10.6. The highest BCUT2D eigenvalue weighted by Gasteiger charge is 2.17. The van der Waals surface area contributed by atoms with Gasteiger partial charge in [0.15, 0.2) is 0 Å². The third-order valence-electron chi connectivity index (χ3n) is 3.51. The van der Waals surface area contributed by atoms with Gasteiger partial charge in [-0.15, -0.1) is 0 Å². The van der Waals surface area contributed by atoms with Crippen molar-refractivity contribution in [3.8, 4) is 5.75 Å². The number of para-hydroxylation sites is 1. The largest absolute Gasteiger partial charge is 0.491 e. The summed E-state index contributed by atoms with van der Waals surface area (Å²) in [5.74, 6) is 0.658. The number of rotatable bonds is 6. The van der Waals surface area contributed by atoms with Gasteiger partial charge in [0.1, 0.15) is 12.4 Å². The van der Waals surface area contributed by atoms with Crippen LogP contribution < -0.4 is 9.64 Å². The van der Waals surface area contributed by atoms with E-state index in [-0.39, 0.29) is 5.91 Å². The predicted octanol–water partition coefficient (Wildman–Crippen LogP) is 3.30. The number of anilines is 1. The molecule has 22 heavy (non-hydrogen) atoms.